The number of hydrogen-bond donors (Lipinski definition) is 1. The Hall–Kier alpha value is -2.55. The van der Waals surface area contributed by atoms with Crippen LogP contribution in [-0.4, -0.2) is 34.6 Å². The maximum absolute atomic E-state index is 13.0. The summed E-state index contributed by atoms with van der Waals surface area (Å²) in [5.41, 5.74) is 0.640. The molecule has 0 amide bonds. The number of H-pyrrole nitrogens is 1. The molecule has 0 fully saturated rings. The molecule has 1 aliphatic rings. The fraction of sp³-hybridized carbons (Fsp3) is 0.474. The van der Waals surface area contributed by atoms with E-state index in [9.17, 15) is 18.0 Å². The molecule has 2 heterocycles. The molecule has 0 radical (unpaired) electrons. The average molecular weight is 397 g/mol. The van der Waals surface area contributed by atoms with Crippen molar-refractivity contribution in [2.45, 2.75) is 39.5 Å². The lowest BCUT2D eigenvalue weighted by Crippen LogP contribution is -2.36. The highest BCUT2D eigenvalue weighted by atomic mass is 19.4. The Morgan fingerprint density at radius 3 is 2.64 bits per heavy atom. The number of fused-ring (bicyclic) bond motifs is 1. The van der Waals surface area contributed by atoms with Gasteiger partial charge in [-0.05, 0) is 26.3 Å². The summed E-state index contributed by atoms with van der Waals surface area (Å²) in [6.45, 7) is 5.86. The Morgan fingerprint density at radius 1 is 1.21 bits per heavy atom. The Kier molecular flexibility index (Phi) is 5.93. The highest BCUT2D eigenvalue weighted by molar-refractivity contribution is 5.46. The van der Waals surface area contributed by atoms with Gasteiger partial charge in [0.05, 0.1) is 18.9 Å². The van der Waals surface area contributed by atoms with E-state index in [-0.39, 0.29) is 12.2 Å². The van der Waals surface area contributed by atoms with Crippen molar-refractivity contribution in [2.24, 2.45) is 0 Å². The molecule has 6 nitrogen and oxygen atoms in total. The van der Waals surface area contributed by atoms with Gasteiger partial charge in [-0.1, -0.05) is 12.1 Å². The molecule has 1 aromatic heterocycles. The van der Waals surface area contributed by atoms with Crippen molar-refractivity contribution in [1.82, 2.24) is 14.9 Å². The first-order valence-electron chi connectivity index (χ1n) is 9.12. The molecule has 1 aromatic carbocycles. The molecular weight excluding hydrogens is 375 g/mol. The molecule has 0 saturated carbocycles. The number of aromatic nitrogens is 2. The van der Waals surface area contributed by atoms with Crippen LogP contribution in [0.4, 0.5) is 13.2 Å². The van der Waals surface area contributed by atoms with Crippen LogP contribution in [0.15, 0.2) is 23.0 Å². The van der Waals surface area contributed by atoms with E-state index in [2.05, 4.69) is 4.98 Å². The van der Waals surface area contributed by atoms with Gasteiger partial charge in [0.15, 0.2) is 11.5 Å². The molecule has 0 unspecified atom stereocenters. The second-order valence-corrected chi connectivity index (χ2v) is 6.41. The highest BCUT2D eigenvalue weighted by Gasteiger charge is 2.36. The molecule has 28 heavy (non-hydrogen) atoms. The molecule has 0 bridgehead atoms. The lowest BCUT2D eigenvalue weighted by Gasteiger charge is -2.28. The second kappa shape index (κ2) is 8.22. The first kappa shape index (κ1) is 20.2. The topological polar surface area (TPSA) is 67.5 Å². The molecule has 2 aromatic rings. The van der Waals surface area contributed by atoms with Crippen LogP contribution >= 0.6 is 0 Å². The van der Waals surface area contributed by atoms with Crippen molar-refractivity contribution in [3.05, 3.63) is 51.2 Å². The van der Waals surface area contributed by atoms with Gasteiger partial charge in [0.25, 0.3) is 5.56 Å². The Morgan fingerprint density at radius 2 is 1.96 bits per heavy atom. The van der Waals surface area contributed by atoms with E-state index in [1.165, 1.54) is 0 Å². The van der Waals surface area contributed by atoms with Crippen LogP contribution in [0.5, 0.6) is 11.5 Å². The molecule has 3 rings (SSSR count). The van der Waals surface area contributed by atoms with Gasteiger partial charge in [0.1, 0.15) is 0 Å². The number of alkyl halides is 3. The van der Waals surface area contributed by atoms with Crippen LogP contribution < -0.4 is 15.0 Å². The molecule has 0 aliphatic carbocycles. The van der Waals surface area contributed by atoms with Gasteiger partial charge in [0.2, 0.25) is 5.82 Å². The van der Waals surface area contributed by atoms with Gasteiger partial charge in [0, 0.05) is 30.8 Å². The minimum absolute atomic E-state index is 0.159. The van der Waals surface area contributed by atoms with Crippen LogP contribution in [0, 0.1) is 0 Å². The van der Waals surface area contributed by atoms with Gasteiger partial charge >= 0.3 is 6.18 Å². The maximum Gasteiger partial charge on any atom is 0.449 e. The van der Waals surface area contributed by atoms with Crippen LogP contribution in [0.25, 0.3) is 0 Å². The van der Waals surface area contributed by atoms with E-state index in [0.717, 1.165) is 5.56 Å². The summed E-state index contributed by atoms with van der Waals surface area (Å²) in [4.78, 5) is 19.5. The van der Waals surface area contributed by atoms with E-state index in [4.69, 9.17) is 9.47 Å². The van der Waals surface area contributed by atoms with Crippen LogP contribution in [-0.2, 0) is 25.7 Å². The third-order valence-corrected chi connectivity index (χ3v) is 4.46. The lowest BCUT2D eigenvalue weighted by atomic mass is 10.0. The summed E-state index contributed by atoms with van der Waals surface area (Å²) in [6.07, 6.45) is -4.35. The first-order chi connectivity index (χ1) is 13.3. The van der Waals surface area contributed by atoms with Crippen LogP contribution in [0.1, 0.15) is 36.5 Å². The number of aromatic amines is 1. The number of rotatable bonds is 6. The van der Waals surface area contributed by atoms with E-state index in [1.54, 1.807) is 0 Å². The molecule has 152 valence electrons. The van der Waals surface area contributed by atoms with Gasteiger partial charge < -0.3 is 14.5 Å². The van der Waals surface area contributed by atoms with E-state index < -0.39 is 17.6 Å². The predicted molar refractivity (Wildman–Crippen MR) is 96.5 cm³/mol. The quantitative estimate of drug-likeness (QED) is 0.811. The van der Waals surface area contributed by atoms with Crippen molar-refractivity contribution in [1.29, 1.82) is 0 Å². The number of halogens is 3. The smallest absolute Gasteiger partial charge is 0.449 e. The summed E-state index contributed by atoms with van der Waals surface area (Å²) < 4.78 is 50.2. The normalized spacial score (nSPS) is 14.6. The predicted octanol–water partition coefficient (Wildman–Crippen LogP) is 3.14. The fourth-order valence-electron chi connectivity index (χ4n) is 3.27. The average Bonchev–Trinajstić information content (AvgIpc) is 2.63. The molecule has 1 N–H and O–H groups in total. The first-order valence-corrected chi connectivity index (χ1v) is 9.12. The highest BCUT2D eigenvalue weighted by Crippen LogP contribution is 2.33. The maximum atomic E-state index is 13.0. The van der Waals surface area contributed by atoms with Crippen molar-refractivity contribution in [3.8, 4) is 11.5 Å². The van der Waals surface area contributed by atoms with E-state index >= 15 is 0 Å². The summed E-state index contributed by atoms with van der Waals surface area (Å²) >= 11 is 0. The zero-order valence-corrected chi connectivity index (χ0v) is 15.7. The van der Waals surface area contributed by atoms with Gasteiger partial charge in [-0.3, -0.25) is 9.69 Å². The van der Waals surface area contributed by atoms with Gasteiger partial charge in [-0.2, -0.15) is 13.2 Å². The zero-order valence-electron chi connectivity index (χ0n) is 15.7. The Balaban J connectivity index is 1.86. The molecule has 9 heteroatoms. The number of para-hydroxylation sites is 1. The Labute approximate surface area is 160 Å². The van der Waals surface area contributed by atoms with Gasteiger partial charge in [-0.15, -0.1) is 0 Å². The monoisotopic (exact) mass is 397 g/mol. The summed E-state index contributed by atoms with van der Waals surface area (Å²) in [6, 6.07) is 5.57. The van der Waals surface area contributed by atoms with E-state index in [0.29, 0.717) is 49.8 Å². The summed E-state index contributed by atoms with van der Waals surface area (Å²) in [5.74, 6) is 0.00660. The fourth-order valence-corrected chi connectivity index (χ4v) is 3.27. The zero-order chi connectivity index (χ0) is 20.3. The lowest BCUT2D eigenvalue weighted by molar-refractivity contribution is -0.145. The van der Waals surface area contributed by atoms with Crippen LogP contribution in [0.3, 0.4) is 0 Å². The Bertz CT molecular complexity index is 896. The summed E-state index contributed by atoms with van der Waals surface area (Å²) in [5, 5.41) is 0. The minimum atomic E-state index is -4.69. The number of nitrogens with zero attached hydrogens (tertiary/aromatic N) is 2. The van der Waals surface area contributed by atoms with Gasteiger partial charge in [-0.25, -0.2) is 4.98 Å². The molecule has 0 saturated heterocycles. The van der Waals surface area contributed by atoms with Crippen molar-refractivity contribution >= 4 is 0 Å². The number of nitrogens with one attached hydrogen (secondary N) is 1. The number of benzene rings is 1. The second-order valence-electron chi connectivity index (χ2n) is 6.41. The SMILES string of the molecule is CCOc1cccc(CN2CCc3c(nc(C(F)(F)F)[nH]c3=O)C2)c1OCC. The molecular formula is C19H22F3N3O3. The van der Waals surface area contributed by atoms with Crippen LogP contribution in [0.2, 0.25) is 0 Å². The third kappa shape index (κ3) is 4.30. The molecule has 0 atom stereocenters. The number of ether oxygens (including phenoxy) is 2. The minimum Gasteiger partial charge on any atom is -0.490 e. The molecule has 1 aliphatic heterocycles. The van der Waals surface area contributed by atoms with E-state index in [1.807, 2.05) is 41.9 Å². The van der Waals surface area contributed by atoms with Crippen molar-refractivity contribution < 1.29 is 22.6 Å². The standard InChI is InChI=1S/C19H22F3N3O3/c1-3-27-15-7-5-6-12(16(15)28-4-2)10-25-9-8-13-14(11-25)23-18(19(20,21)22)24-17(13)26/h5-7H,3-4,8-11H2,1-2H3,(H,23,24,26). The van der Waals surface area contributed by atoms with Crippen molar-refractivity contribution in [3.63, 3.8) is 0 Å². The summed E-state index contributed by atoms with van der Waals surface area (Å²) in [7, 11) is 0. The number of hydrogen-bond acceptors (Lipinski definition) is 5. The van der Waals surface area contributed by atoms with Crippen molar-refractivity contribution in [2.75, 3.05) is 19.8 Å². The third-order valence-electron chi connectivity index (χ3n) is 4.46. The largest absolute Gasteiger partial charge is 0.490 e. The molecule has 0 spiro atoms.